The number of benzene rings is 2. The first kappa shape index (κ1) is 26.9. The molecule has 3 aliphatic carbocycles. The molecule has 0 amide bonds. The Labute approximate surface area is 236 Å². The highest BCUT2D eigenvalue weighted by Crippen LogP contribution is 2.48. The van der Waals surface area contributed by atoms with Crippen molar-refractivity contribution in [2.75, 3.05) is 31.7 Å². The van der Waals surface area contributed by atoms with Crippen molar-refractivity contribution in [3.63, 3.8) is 0 Å². The van der Waals surface area contributed by atoms with E-state index < -0.39 is 5.97 Å². The number of aliphatic hydroxyl groups is 1. The lowest BCUT2D eigenvalue weighted by atomic mass is 9.65. The van der Waals surface area contributed by atoms with Gasteiger partial charge in [0.2, 0.25) is 0 Å². The fourth-order valence-corrected chi connectivity index (χ4v) is 8.19. The summed E-state index contributed by atoms with van der Waals surface area (Å²) in [4.78, 5) is 14.3. The molecule has 0 bridgehead atoms. The number of methoxy groups -OCH3 is 1. The largest absolute Gasteiger partial charge is 0.490 e. The predicted octanol–water partition coefficient (Wildman–Crippen LogP) is 6.10. The number of nitrogens with zero attached hydrogens (tertiary/aromatic N) is 1. The van der Waals surface area contributed by atoms with Gasteiger partial charge in [-0.15, -0.1) is 0 Å². The highest BCUT2D eigenvalue weighted by Gasteiger charge is 2.46. The normalized spacial score (nSPS) is 30.9. The van der Waals surface area contributed by atoms with E-state index in [9.17, 15) is 15.0 Å². The van der Waals surface area contributed by atoms with Gasteiger partial charge < -0.3 is 24.6 Å². The molecule has 0 saturated heterocycles. The van der Waals surface area contributed by atoms with Gasteiger partial charge in [0, 0.05) is 30.6 Å². The van der Waals surface area contributed by atoms with E-state index >= 15 is 0 Å². The second-order valence-electron chi connectivity index (χ2n) is 12.4. The van der Waals surface area contributed by atoms with Gasteiger partial charge in [-0.25, -0.2) is 4.79 Å². The van der Waals surface area contributed by atoms with Gasteiger partial charge in [-0.05, 0) is 111 Å². The lowest BCUT2D eigenvalue weighted by molar-refractivity contribution is -0.0721. The number of carboxylic acid groups (broad SMARTS) is 1. The van der Waals surface area contributed by atoms with Crippen molar-refractivity contribution >= 4 is 23.3 Å². The molecule has 1 heterocycles. The van der Waals surface area contributed by atoms with Crippen LogP contribution in [-0.2, 0) is 16.6 Å². The van der Waals surface area contributed by atoms with E-state index in [1.165, 1.54) is 11.1 Å². The van der Waals surface area contributed by atoms with Crippen LogP contribution in [0.15, 0.2) is 36.4 Å². The minimum absolute atomic E-state index is 0.151. The Kier molecular flexibility index (Phi) is 7.55. The molecule has 2 aromatic carbocycles. The molecular weight excluding hydrogens is 514 g/mol. The average molecular weight is 554 g/mol. The maximum absolute atomic E-state index is 11.9. The van der Waals surface area contributed by atoms with Crippen LogP contribution in [0.2, 0.25) is 5.02 Å². The monoisotopic (exact) mass is 553 g/mol. The maximum Gasteiger partial charge on any atom is 0.335 e. The van der Waals surface area contributed by atoms with E-state index in [0.717, 1.165) is 87.3 Å². The van der Waals surface area contributed by atoms with Gasteiger partial charge in [0.25, 0.3) is 0 Å². The van der Waals surface area contributed by atoms with Gasteiger partial charge in [-0.2, -0.15) is 0 Å². The van der Waals surface area contributed by atoms with Crippen LogP contribution in [0.5, 0.6) is 5.75 Å². The van der Waals surface area contributed by atoms with Crippen LogP contribution >= 0.6 is 11.6 Å². The molecule has 2 aromatic rings. The molecule has 2 fully saturated rings. The van der Waals surface area contributed by atoms with Crippen LogP contribution in [0.25, 0.3) is 0 Å². The van der Waals surface area contributed by atoms with Crippen molar-refractivity contribution in [3.05, 3.63) is 58.1 Å². The zero-order chi connectivity index (χ0) is 27.1. The Hall–Kier alpha value is -2.28. The molecule has 1 aliphatic heterocycles. The van der Waals surface area contributed by atoms with Gasteiger partial charge in [-0.1, -0.05) is 24.1 Å². The van der Waals surface area contributed by atoms with E-state index in [4.69, 9.17) is 21.1 Å². The summed E-state index contributed by atoms with van der Waals surface area (Å²) >= 11 is 6.39. The predicted molar refractivity (Wildman–Crippen MR) is 152 cm³/mol. The Morgan fingerprint density at radius 3 is 2.79 bits per heavy atom. The van der Waals surface area contributed by atoms with Crippen molar-refractivity contribution in [1.29, 1.82) is 0 Å². The molecule has 4 aliphatic rings. The molecular formula is C32H40ClNO5. The summed E-state index contributed by atoms with van der Waals surface area (Å²) in [5.74, 6) is 1.11. The molecule has 0 aromatic heterocycles. The first-order valence-corrected chi connectivity index (χ1v) is 15.0. The van der Waals surface area contributed by atoms with Crippen LogP contribution in [0.3, 0.4) is 0 Å². The number of anilines is 1. The number of carbonyl (C=O) groups is 1. The molecule has 1 spiro atoms. The maximum atomic E-state index is 11.9. The molecule has 6 nitrogen and oxygen atoms in total. The number of halogens is 1. The Bertz CT molecular complexity index is 1220. The third-order valence-corrected chi connectivity index (χ3v) is 10.3. The fourth-order valence-electron chi connectivity index (χ4n) is 8.00. The molecule has 6 rings (SSSR count). The minimum Gasteiger partial charge on any atom is -0.490 e. The van der Waals surface area contributed by atoms with Gasteiger partial charge >= 0.3 is 5.97 Å². The molecule has 210 valence electrons. The first-order valence-electron chi connectivity index (χ1n) is 14.6. The van der Waals surface area contributed by atoms with Crippen LogP contribution in [0.4, 0.5) is 5.69 Å². The number of hydrogen-bond donors (Lipinski definition) is 2. The van der Waals surface area contributed by atoms with Crippen molar-refractivity contribution in [3.8, 4) is 5.75 Å². The van der Waals surface area contributed by atoms with Crippen LogP contribution < -0.4 is 9.64 Å². The number of aryl methyl sites for hydroxylation is 1. The number of fused-ring (bicyclic) bond motifs is 3. The third kappa shape index (κ3) is 5.16. The van der Waals surface area contributed by atoms with Crippen molar-refractivity contribution in [2.24, 2.45) is 17.8 Å². The number of rotatable bonds is 6. The number of aliphatic hydroxyl groups excluding tert-OH is 1. The SMILES string of the molecule is COC([C@@H]1CCC[C@H](O)C1)[C@@H]1CC[C@H]1CN1CC2(CCCc3cc(Cl)ccc32)COc2ccc(C(=O)O)cc21. The number of aromatic carboxylic acids is 1. The van der Waals surface area contributed by atoms with E-state index in [1.807, 2.05) is 19.2 Å². The van der Waals surface area contributed by atoms with E-state index in [1.54, 1.807) is 12.1 Å². The Morgan fingerprint density at radius 2 is 2.05 bits per heavy atom. The summed E-state index contributed by atoms with van der Waals surface area (Å²) in [5, 5.41) is 20.9. The highest BCUT2D eigenvalue weighted by molar-refractivity contribution is 6.30. The fraction of sp³-hybridized carbons (Fsp3) is 0.594. The van der Waals surface area contributed by atoms with Crippen molar-refractivity contribution in [2.45, 2.75) is 75.4 Å². The van der Waals surface area contributed by atoms with Crippen molar-refractivity contribution < 1.29 is 24.5 Å². The topological polar surface area (TPSA) is 79.2 Å². The van der Waals surface area contributed by atoms with Crippen LogP contribution in [-0.4, -0.2) is 55.2 Å². The highest BCUT2D eigenvalue weighted by atomic mass is 35.5. The van der Waals surface area contributed by atoms with E-state index in [-0.39, 0.29) is 23.2 Å². The molecule has 2 unspecified atom stereocenters. The van der Waals surface area contributed by atoms with Crippen LogP contribution in [0.1, 0.15) is 72.9 Å². The lowest BCUT2D eigenvalue weighted by Crippen LogP contribution is -2.51. The quantitative estimate of drug-likeness (QED) is 0.450. The summed E-state index contributed by atoms with van der Waals surface area (Å²) in [6.45, 7) is 2.18. The summed E-state index contributed by atoms with van der Waals surface area (Å²) in [5.41, 5.74) is 3.58. The summed E-state index contributed by atoms with van der Waals surface area (Å²) in [6.07, 6.45) is 9.20. The van der Waals surface area contributed by atoms with E-state index in [0.29, 0.717) is 24.4 Å². The second kappa shape index (κ2) is 10.9. The minimum atomic E-state index is -0.925. The second-order valence-corrected chi connectivity index (χ2v) is 12.8. The van der Waals surface area contributed by atoms with E-state index in [2.05, 4.69) is 17.0 Å². The molecule has 6 atom stereocenters. The number of hydrogen-bond acceptors (Lipinski definition) is 5. The third-order valence-electron chi connectivity index (χ3n) is 10.1. The average Bonchev–Trinajstić information content (AvgIpc) is 3.06. The summed E-state index contributed by atoms with van der Waals surface area (Å²) in [7, 11) is 1.83. The van der Waals surface area contributed by atoms with Gasteiger partial charge in [0.1, 0.15) is 5.75 Å². The zero-order valence-corrected chi connectivity index (χ0v) is 23.5. The zero-order valence-electron chi connectivity index (χ0n) is 22.8. The summed E-state index contributed by atoms with van der Waals surface area (Å²) in [6, 6.07) is 11.5. The Morgan fingerprint density at radius 1 is 1.18 bits per heavy atom. The smallest absolute Gasteiger partial charge is 0.335 e. The molecule has 39 heavy (non-hydrogen) atoms. The van der Waals surface area contributed by atoms with Gasteiger partial charge in [-0.3, -0.25) is 0 Å². The number of carboxylic acids is 1. The number of ether oxygens (including phenoxy) is 2. The molecule has 7 heteroatoms. The molecule has 0 radical (unpaired) electrons. The van der Waals surface area contributed by atoms with Gasteiger partial charge in [0.05, 0.1) is 30.1 Å². The standard InChI is InChI=1S/C32H40ClNO5/c1-38-30(21-4-2-6-25(35)15-21)26-10-7-23(26)17-34-18-32(13-3-5-20-14-24(33)9-11-27(20)32)19-39-29-12-8-22(31(36)37)16-28(29)34/h8-9,11-12,14,16,21,23,25-26,30,35H,2-7,10,13,15,17-19H2,1H3,(H,36,37)/t21-,23+,25+,26-,30?,32?/m1/s1. The first-order chi connectivity index (χ1) is 18.9. The lowest BCUT2D eigenvalue weighted by Gasteiger charge is -2.48. The summed E-state index contributed by atoms with van der Waals surface area (Å²) < 4.78 is 12.6. The Balaban J connectivity index is 1.32. The molecule has 2 saturated carbocycles. The van der Waals surface area contributed by atoms with Gasteiger partial charge in [0.15, 0.2) is 0 Å². The molecule has 2 N–H and O–H groups in total. The van der Waals surface area contributed by atoms with Crippen LogP contribution in [0, 0.1) is 17.8 Å². The van der Waals surface area contributed by atoms with Crippen molar-refractivity contribution in [1.82, 2.24) is 0 Å².